The number of amides is 2. The lowest BCUT2D eigenvalue weighted by Gasteiger charge is -2.05. The van der Waals surface area contributed by atoms with Crippen molar-refractivity contribution in [1.82, 2.24) is 5.32 Å². The third-order valence-corrected chi connectivity index (χ3v) is 1.97. The molecule has 0 fully saturated rings. The molecule has 0 aliphatic carbocycles. The van der Waals surface area contributed by atoms with Crippen molar-refractivity contribution in [3.63, 3.8) is 0 Å². The lowest BCUT2D eigenvalue weighted by atomic mass is 9.93. The van der Waals surface area contributed by atoms with E-state index in [-0.39, 0.29) is 18.4 Å². The van der Waals surface area contributed by atoms with E-state index in [1.54, 1.807) is 12.1 Å². The van der Waals surface area contributed by atoms with E-state index in [4.69, 9.17) is 7.85 Å². The molecule has 0 aromatic heterocycles. The Hall–Kier alpha value is -1.78. The number of hydrogen-bond donors (Lipinski definition) is 2. The Morgan fingerprint density at radius 1 is 1.29 bits per heavy atom. The van der Waals surface area contributed by atoms with Crippen molar-refractivity contribution in [1.29, 1.82) is 0 Å². The number of rotatable bonds is 0. The second kappa shape index (κ2) is 3.18. The van der Waals surface area contributed by atoms with Crippen LogP contribution in [-0.2, 0) is 4.79 Å². The predicted molar refractivity (Wildman–Crippen MR) is 52.8 cm³/mol. The predicted octanol–water partition coefficient (Wildman–Crippen LogP) is -0.838. The summed E-state index contributed by atoms with van der Waals surface area (Å²) in [6.45, 7) is -0.00653. The Balaban J connectivity index is 2.52. The van der Waals surface area contributed by atoms with Gasteiger partial charge in [-0.3, -0.25) is 9.59 Å². The number of carbonyl (C=O) groups is 2. The first-order chi connectivity index (χ1) is 6.66. The molecule has 2 N–H and O–H groups in total. The lowest BCUT2D eigenvalue weighted by Crippen LogP contribution is -2.28. The third kappa shape index (κ3) is 1.48. The summed E-state index contributed by atoms with van der Waals surface area (Å²) >= 11 is 0. The molecule has 0 spiro atoms. The normalized spacial score (nSPS) is 15.1. The van der Waals surface area contributed by atoms with Crippen LogP contribution < -0.4 is 16.1 Å². The maximum Gasteiger partial charge on any atom is 0.253 e. The minimum absolute atomic E-state index is 0.00653. The van der Waals surface area contributed by atoms with Gasteiger partial charge in [-0.25, -0.2) is 0 Å². The van der Waals surface area contributed by atoms with Gasteiger partial charge in [0, 0.05) is 0 Å². The molecule has 1 aromatic carbocycles. The van der Waals surface area contributed by atoms with Crippen LogP contribution in [0, 0.1) is 0 Å². The third-order valence-electron chi connectivity index (χ3n) is 1.97. The smallest absolute Gasteiger partial charge is 0.253 e. The van der Waals surface area contributed by atoms with Crippen molar-refractivity contribution in [2.45, 2.75) is 0 Å². The minimum atomic E-state index is -0.286. The Bertz CT molecular complexity index is 417. The van der Waals surface area contributed by atoms with Gasteiger partial charge in [-0.2, -0.15) is 0 Å². The number of nitrogens with one attached hydrogen (secondary N) is 2. The molecule has 2 radical (unpaired) electrons. The van der Waals surface area contributed by atoms with E-state index in [1.807, 2.05) is 0 Å². The molecule has 0 bridgehead atoms. The van der Waals surface area contributed by atoms with Crippen LogP contribution in [0.1, 0.15) is 10.4 Å². The van der Waals surface area contributed by atoms with Crippen molar-refractivity contribution in [2.75, 3.05) is 11.9 Å². The molecule has 0 unspecified atom stereocenters. The van der Waals surface area contributed by atoms with E-state index < -0.39 is 0 Å². The van der Waals surface area contributed by atoms with Crippen LogP contribution >= 0.6 is 0 Å². The second-order valence-electron chi connectivity index (χ2n) is 3.04. The Morgan fingerprint density at radius 2 is 2.07 bits per heavy atom. The Kier molecular flexibility index (Phi) is 2.00. The maximum atomic E-state index is 11.4. The average Bonchev–Trinajstić information content (AvgIpc) is 2.29. The fraction of sp³-hybridized carbons (Fsp3) is 0.111. The van der Waals surface area contributed by atoms with Gasteiger partial charge in [0.1, 0.15) is 7.85 Å². The zero-order valence-corrected chi connectivity index (χ0v) is 7.33. The standard InChI is InChI=1S/C9H7BN2O2/c10-5-1-2-7-6(3-5)9(14)11-4-8(13)12-7/h1-3H,4H2,(H,11,14)(H,12,13). The average molecular weight is 186 g/mol. The van der Waals surface area contributed by atoms with Gasteiger partial charge in [-0.1, -0.05) is 17.6 Å². The molecular formula is C9H7BN2O2. The zero-order valence-electron chi connectivity index (χ0n) is 7.33. The van der Waals surface area contributed by atoms with Crippen LogP contribution in [0.2, 0.25) is 0 Å². The molecule has 1 aliphatic heterocycles. The van der Waals surface area contributed by atoms with Gasteiger partial charge >= 0.3 is 0 Å². The van der Waals surface area contributed by atoms with Crippen molar-refractivity contribution in [3.05, 3.63) is 23.8 Å². The summed E-state index contributed by atoms with van der Waals surface area (Å²) in [5.41, 5.74) is 1.39. The van der Waals surface area contributed by atoms with Crippen LogP contribution in [-0.4, -0.2) is 26.2 Å². The number of fused-ring (bicyclic) bond motifs is 1. The SMILES string of the molecule is [B]c1ccc2c(c1)C(=O)NCC(=O)N2. The highest BCUT2D eigenvalue weighted by atomic mass is 16.2. The van der Waals surface area contributed by atoms with Gasteiger partial charge < -0.3 is 10.6 Å². The topological polar surface area (TPSA) is 58.2 Å². The molecule has 4 nitrogen and oxygen atoms in total. The van der Waals surface area contributed by atoms with Gasteiger partial charge in [0.25, 0.3) is 5.91 Å². The first kappa shape index (κ1) is 8.81. The first-order valence-electron chi connectivity index (χ1n) is 4.14. The molecule has 1 aromatic rings. The van der Waals surface area contributed by atoms with Crippen molar-refractivity contribution >= 4 is 30.8 Å². The summed E-state index contributed by atoms with van der Waals surface area (Å²) in [7, 11) is 5.54. The molecule has 0 atom stereocenters. The van der Waals surface area contributed by atoms with Crippen LogP contribution in [0.5, 0.6) is 0 Å². The highest BCUT2D eigenvalue weighted by Crippen LogP contribution is 2.14. The quantitative estimate of drug-likeness (QED) is 0.519. The highest BCUT2D eigenvalue weighted by Gasteiger charge is 2.18. The van der Waals surface area contributed by atoms with E-state index in [1.165, 1.54) is 6.07 Å². The Labute approximate surface area is 82.1 Å². The molecule has 1 aliphatic rings. The molecular weight excluding hydrogens is 179 g/mol. The summed E-state index contributed by atoms with van der Waals surface area (Å²) in [6, 6.07) is 4.79. The molecule has 0 saturated carbocycles. The Morgan fingerprint density at radius 3 is 2.86 bits per heavy atom. The van der Waals surface area contributed by atoms with Crippen molar-refractivity contribution in [3.8, 4) is 0 Å². The fourth-order valence-corrected chi connectivity index (χ4v) is 1.31. The summed E-state index contributed by atoms with van der Waals surface area (Å²) < 4.78 is 0. The summed E-state index contributed by atoms with van der Waals surface area (Å²) in [6.07, 6.45) is 0. The minimum Gasteiger partial charge on any atom is -0.343 e. The van der Waals surface area contributed by atoms with E-state index in [0.717, 1.165) is 0 Å². The fourth-order valence-electron chi connectivity index (χ4n) is 1.31. The van der Waals surface area contributed by atoms with Crippen LogP contribution in [0.15, 0.2) is 18.2 Å². The number of carbonyl (C=O) groups excluding carboxylic acids is 2. The van der Waals surface area contributed by atoms with Crippen LogP contribution in [0.25, 0.3) is 0 Å². The van der Waals surface area contributed by atoms with E-state index in [9.17, 15) is 9.59 Å². The molecule has 68 valence electrons. The van der Waals surface area contributed by atoms with Crippen LogP contribution in [0.3, 0.4) is 0 Å². The largest absolute Gasteiger partial charge is 0.343 e. The number of hydrogen-bond acceptors (Lipinski definition) is 2. The summed E-state index contributed by atoms with van der Waals surface area (Å²) in [4.78, 5) is 22.6. The molecule has 0 saturated heterocycles. The molecule has 5 heteroatoms. The molecule has 1 heterocycles. The van der Waals surface area contributed by atoms with Gasteiger partial charge in [0.2, 0.25) is 5.91 Å². The van der Waals surface area contributed by atoms with Gasteiger partial charge in [-0.05, 0) is 6.07 Å². The van der Waals surface area contributed by atoms with Gasteiger partial charge in [0.15, 0.2) is 0 Å². The molecule has 14 heavy (non-hydrogen) atoms. The molecule has 2 amide bonds. The van der Waals surface area contributed by atoms with E-state index in [2.05, 4.69) is 10.6 Å². The lowest BCUT2D eigenvalue weighted by molar-refractivity contribution is -0.115. The van der Waals surface area contributed by atoms with E-state index >= 15 is 0 Å². The highest BCUT2D eigenvalue weighted by molar-refractivity contribution is 6.33. The summed E-state index contributed by atoms with van der Waals surface area (Å²) in [5, 5.41) is 5.07. The second-order valence-corrected chi connectivity index (χ2v) is 3.04. The monoisotopic (exact) mass is 186 g/mol. The number of benzene rings is 1. The molecule has 2 rings (SSSR count). The summed E-state index contributed by atoms with van der Waals surface area (Å²) in [5.74, 6) is -0.521. The van der Waals surface area contributed by atoms with Gasteiger partial charge in [-0.15, -0.1) is 0 Å². The van der Waals surface area contributed by atoms with Crippen LogP contribution in [0.4, 0.5) is 5.69 Å². The van der Waals surface area contributed by atoms with E-state index in [0.29, 0.717) is 16.7 Å². The maximum absolute atomic E-state index is 11.4. The number of anilines is 1. The zero-order chi connectivity index (χ0) is 10.1. The first-order valence-corrected chi connectivity index (χ1v) is 4.14. The van der Waals surface area contributed by atoms with Gasteiger partial charge in [0.05, 0.1) is 17.8 Å². The van der Waals surface area contributed by atoms with Crippen molar-refractivity contribution in [2.24, 2.45) is 0 Å². The van der Waals surface area contributed by atoms with Crippen molar-refractivity contribution < 1.29 is 9.59 Å².